The van der Waals surface area contributed by atoms with E-state index in [4.69, 9.17) is 0 Å². The van der Waals surface area contributed by atoms with E-state index in [0.717, 1.165) is 0 Å². The van der Waals surface area contributed by atoms with E-state index in [2.05, 4.69) is 4.74 Å². The second-order valence-corrected chi connectivity index (χ2v) is 2.83. The van der Waals surface area contributed by atoms with Crippen LogP contribution in [-0.4, -0.2) is 18.0 Å². The van der Waals surface area contributed by atoms with Gasteiger partial charge in [-0.2, -0.15) is 8.78 Å². The van der Waals surface area contributed by atoms with Gasteiger partial charge in [0.05, 0.1) is 0 Å². The third-order valence-corrected chi connectivity index (χ3v) is 0.585. The van der Waals surface area contributed by atoms with Gasteiger partial charge in [-0.25, -0.2) is 4.79 Å². The van der Waals surface area contributed by atoms with Crippen LogP contribution < -0.4 is 0 Å². The van der Waals surface area contributed by atoms with Crippen molar-refractivity contribution in [3.8, 4) is 0 Å². The average Bonchev–Trinajstić information content (AvgIpc) is 1.60. The molecule has 0 aliphatic rings. The van der Waals surface area contributed by atoms with E-state index < -0.39 is 18.0 Å². The Labute approximate surface area is 58.2 Å². The van der Waals surface area contributed by atoms with Crippen LogP contribution in [0.2, 0.25) is 0 Å². The van der Waals surface area contributed by atoms with E-state index in [1.165, 1.54) is 20.8 Å². The quantitative estimate of drug-likeness (QED) is 0.533. The highest BCUT2D eigenvalue weighted by Gasteiger charge is 2.23. The van der Waals surface area contributed by atoms with E-state index in [0.29, 0.717) is 0 Å². The van der Waals surface area contributed by atoms with E-state index in [1.54, 1.807) is 0 Å². The summed E-state index contributed by atoms with van der Waals surface area (Å²) in [6.07, 6.45) is -3.03. The molecule has 0 amide bonds. The predicted molar refractivity (Wildman–Crippen MR) is 31.8 cm³/mol. The summed E-state index contributed by atoms with van der Waals surface area (Å²) in [6, 6.07) is 0. The van der Waals surface area contributed by atoms with Gasteiger partial charge >= 0.3 is 12.4 Å². The minimum Gasteiger partial charge on any atom is -0.456 e. The summed E-state index contributed by atoms with van der Waals surface area (Å²) in [5.74, 6) is -1.47. The molecule has 10 heavy (non-hydrogen) atoms. The molecule has 0 spiro atoms. The molecule has 2 nitrogen and oxygen atoms in total. The van der Waals surface area contributed by atoms with Crippen molar-refractivity contribution in [2.75, 3.05) is 0 Å². The monoisotopic (exact) mass is 152 g/mol. The number of halogens is 2. The van der Waals surface area contributed by atoms with Crippen molar-refractivity contribution >= 4 is 5.97 Å². The fourth-order valence-corrected chi connectivity index (χ4v) is 0.346. The molecule has 4 heteroatoms. The molecule has 0 heterocycles. The molecule has 0 aromatic rings. The van der Waals surface area contributed by atoms with Crippen LogP contribution in [-0.2, 0) is 9.53 Å². The Hall–Kier alpha value is -0.670. The van der Waals surface area contributed by atoms with Crippen LogP contribution in [0, 0.1) is 0 Å². The number of hydrogen-bond donors (Lipinski definition) is 0. The van der Waals surface area contributed by atoms with E-state index in [1.807, 2.05) is 0 Å². The number of hydrogen-bond acceptors (Lipinski definition) is 2. The molecule has 0 atom stereocenters. The van der Waals surface area contributed by atoms with Crippen molar-refractivity contribution in [3.63, 3.8) is 0 Å². The van der Waals surface area contributed by atoms with Gasteiger partial charge in [-0.3, -0.25) is 0 Å². The van der Waals surface area contributed by atoms with Gasteiger partial charge in [0.25, 0.3) is 0 Å². The summed E-state index contributed by atoms with van der Waals surface area (Å²) >= 11 is 0. The maximum absolute atomic E-state index is 11.5. The minimum absolute atomic E-state index is 0.826. The summed E-state index contributed by atoms with van der Waals surface area (Å²) in [7, 11) is 0. The van der Waals surface area contributed by atoms with Gasteiger partial charge in [0, 0.05) is 0 Å². The molecule has 0 saturated carbocycles. The van der Waals surface area contributed by atoms with Gasteiger partial charge in [0.15, 0.2) is 0 Å². The lowest BCUT2D eigenvalue weighted by molar-refractivity contribution is -0.167. The third-order valence-electron chi connectivity index (χ3n) is 0.585. The second-order valence-electron chi connectivity index (χ2n) is 2.83. The lowest BCUT2D eigenvalue weighted by Gasteiger charge is -2.18. The maximum atomic E-state index is 11.5. The SMILES string of the molecule is CC(C)(C)OC(=O)C(F)F. The standard InChI is InChI=1S/C6H10F2O2/c1-6(2,3)10-5(9)4(7)8/h4H,1-3H3. The van der Waals surface area contributed by atoms with Gasteiger partial charge < -0.3 is 4.74 Å². The molecule has 0 aliphatic heterocycles. The molecular formula is C6H10F2O2. The molecule has 0 N–H and O–H groups in total. The Morgan fingerprint density at radius 1 is 1.40 bits per heavy atom. The lowest BCUT2D eigenvalue weighted by Crippen LogP contribution is -2.27. The molecule has 0 aromatic heterocycles. The molecule has 0 unspecified atom stereocenters. The molecule has 0 aliphatic carbocycles. The van der Waals surface area contributed by atoms with Crippen LogP contribution in [0.1, 0.15) is 20.8 Å². The average molecular weight is 152 g/mol. The number of carbonyl (C=O) groups is 1. The van der Waals surface area contributed by atoms with Crippen LogP contribution in [0.4, 0.5) is 8.78 Å². The number of rotatable bonds is 1. The number of esters is 1. The van der Waals surface area contributed by atoms with Crippen molar-refractivity contribution in [2.45, 2.75) is 32.8 Å². The molecule has 0 fully saturated rings. The fraction of sp³-hybridized carbons (Fsp3) is 0.833. The molecule has 0 radical (unpaired) electrons. The van der Waals surface area contributed by atoms with Crippen LogP contribution in [0.15, 0.2) is 0 Å². The topological polar surface area (TPSA) is 26.3 Å². The zero-order valence-electron chi connectivity index (χ0n) is 6.15. The molecular weight excluding hydrogens is 142 g/mol. The molecule has 0 saturated heterocycles. The summed E-state index contributed by atoms with van der Waals surface area (Å²) in [6.45, 7) is 4.61. The zero-order chi connectivity index (χ0) is 8.36. The first-order valence-electron chi connectivity index (χ1n) is 2.84. The Bertz CT molecular complexity index is 126. The summed E-state index contributed by atoms with van der Waals surface area (Å²) in [4.78, 5) is 10.2. The lowest BCUT2D eigenvalue weighted by atomic mass is 10.2. The van der Waals surface area contributed by atoms with Crippen LogP contribution in [0.25, 0.3) is 0 Å². The number of carbonyl (C=O) groups excluding carboxylic acids is 1. The highest BCUT2D eigenvalue weighted by molar-refractivity contribution is 5.73. The summed E-state index contributed by atoms with van der Waals surface area (Å²) in [5, 5.41) is 0. The van der Waals surface area contributed by atoms with Crippen molar-refractivity contribution in [1.29, 1.82) is 0 Å². The highest BCUT2D eigenvalue weighted by atomic mass is 19.3. The van der Waals surface area contributed by atoms with Crippen molar-refractivity contribution in [3.05, 3.63) is 0 Å². The van der Waals surface area contributed by atoms with Crippen LogP contribution in [0.5, 0.6) is 0 Å². The van der Waals surface area contributed by atoms with Gasteiger partial charge in [-0.05, 0) is 20.8 Å². The maximum Gasteiger partial charge on any atom is 0.374 e. The normalized spacial score (nSPS) is 11.8. The van der Waals surface area contributed by atoms with Gasteiger partial charge in [-0.1, -0.05) is 0 Å². The van der Waals surface area contributed by atoms with Gasteiger partial charge in [0.1, 0.15) is 5.60 Å². The molecule has 0 bridgehead atoms. The van der Waals surface area contributed by atoms with Crippen LogP contribution in [0.3, 0.4) is 0 Å². The Kier molecular flexibility index (Phi) is 2.75. The Morgan fingerprint density at radius 3 is 1.90 bits per heavy atom. The van der Waals surface area contributed by atoms with Gasteiger partial charge in [0.2, 0.25) is 0 Å². The second kappa shape index (κ2) is 2.94. The number of alkyl halides is 2. The summed E-state index contributed by atoms with van der Waals surface area (Å²) in [5.41, 5.74) is -0.826. The number of ether oxygens (including phenoxy) is 1. The largest absolute Gasteiger partial charge is 0.456 e. The molecule has 0 aromatic carbocycles. The van der Waals surface area contributed by atoms with E-state index in [9.17, 15) is 13.6 Å². The fourth-order valence-electron chi connectivity index (χ4n) is 0.346. The zero-order valence-corrected chi connectivity index (χ0v) is 6.15. The first-order chi connectivity index (χ1) is 4.33. The van der Waals surface area contributed by atoms with Crippen molar-refractivity contribution in [1.82, 2.24) is 0 Å². The van der Waals surface area contributed by atoms with Crippen LogP contribution >= 0.6 is 0 Å². The smallest absolute Gasteiger partial charge is 0.374 e. The summed E-state index contributed by atoms with van der Waals surface area (Å²) < 4.78 is 27.3. The van der Waals surface area contributed by atoms with E-state index in [-0.39, 0.29) is 0 Å². The van der Waals surface area contributed by atoms with Crippen molar-refractivity contribution < 1.29 is 18.3 Å². The first-order valence-corrected chi connectivity index (χ1v) is 2.84. The van der Waals surface area contributed by atoms with E-state index >= 15 is 0 Å². The predicted octanol–water partition coefficient (Wildman–Crippen LogP) is 1.59. The highest BCUT2D eigenvalue weighted by Crippen LogP contribution is 2.09. The first kappa shape index (κ1) is 9.33. The minimum atomic E-state index is -3.03. The Morgan fingerprint density at radius 2 is 1.80 bits per heavy atom. The molecule has 0 rings (SSSR count). The Balaban J connectivity index is 3.81. The third kappa shape index (κ3) is 4.23. The molecule has 60 valence electrons. The van der Waals surface area contributed by atoms with Crippen molar-refractivity contribution in [2.24, 2.45) is 0 Å². The van der Waals surface area contributed by atoms with Gasteiger partial charge in [-0.15, -0.1) is 0 Å².